The number of nitrogens with one attached hydrogen (secondary N) is 2. The number of carbonyl (C=O) groups is 1. The van der Waals surface area contributed by atoms with E-state index in [1.54, 1.807) is 0 Å². The van der Waals surface area contributed by atoms with E-state index in [1.807, 2.05) is 20.8 Å². The second-order valence-corrected chi connectivity index (χ2v) is 8.37. The summed E-state index contributed by atoms with van der Waals surface area (Å²) in [5.41, 5.74) is 3.53. The fourth-order valence-electron chi connectivity index (χ4n) is 3.60. The van der Waals surface area contributed by atoms with E-state index in [4.69, 9.17) is 4.74 Å². The molecule has 2 N–H and O–H groups in total. The average Bonchev–Trinajstić information content (AvgIpc) is 2.77. The zero-order valence-corrected chi connectivity index (χ0v) is 16.7. The molecule has 1 heterocycles. The van der Waals surface area contributed by atoms with Crippen LogP contribution in [0, 0.1) is 19.8 Å². The Labute approximate surface area is 152 Å². The Bertz CT molecular complexity index is 586. The van der Waals surface area contributed by atoms with Crippen molar-refractivity contribution < 1.29 is 9.53 Å². The van der Waals surface area contributed by atoms with Crippen LogP contribution in [0.2, 0.25) is 0 Å². The first kappa shape index (κ1) is 19.8. The summed E-state index contributed by atoms with van der Waals surface area (Å²) in [6, 6.07) is 2.71. The Morgan fingerprint density at radius 2 is 1.96 bits per heavy atom. The van der Waals surface area contributed by atoms with Crippen molar-refractivity contribution in [3.05, 3.63) is 23.0 Å². The number of alkyl carbamates (subject to hydrolysis) is 1. The molecule has 5 heteroatoms. The zero-order valence-electron chi connectivity index (χ0n) is 16.7. The first-order valence-corrected chi connectivity index (χ1v) is 9.49. The number of hydrogen-bond acceptors (Lipinski definition) is 3. The second-order valence-electron chi connectivity index (χ2n) is 8.37. The summed E-state index contributed by atoms with van der Waals surface area (Å²) in [5, 5.41) is 6.69. The Hall–Kier alpha value is -1.49. The molecular weight excluding hydrogens is 314 g/mol. The summed E-state index contributed by atoms with van der Waals surface area (Å²) >= 11 is 0. The highest BCUT2D eigenvalue weighted by Gasteiger charge is 2.26. The Kier molecular flexibility index (Phi) is 6.55. The molecule has 0 aromatic carbocycles. The maximum Gasteiger partial charge on any atom is 0.407 e. The molecule has 142 valence electrons. The maximum absolute atomic E-state index is 11.9. The molecule has 1 fully saturated rings. The molecule has 0 radical (unpaired) electrons. The molecule has 25 heavy (non-hydrogen) atoms. The first-order valence-electron chi connectivity index (χ1n) is 9.49. The molecule has 0 saturated heterocycles. The van der Waals surface area contributed by atoms with Gasteiger partial charge >= 0.3 is 6.09 Å². The summed E-state index contributed by atoms with van der Waals surface area (Å²) in [5.74, 6) is 0.464. The van der Waals surface area contributed by atoms with Crippen LogP contribution < -0.4 is 10.6 Å². The van der Waals surface area contributed by atoms with Gasteiger partial charge in [-0.05, 0) is 65.0 Å². The Morgan fingerprint density at radius 1 is 1.28 bits per heavy atom. The Morgan fingerprint density at radius 3 is 2.56 bits per heavy atom. The van der Waals surface area contributed by atoms with Gasteiger partial charge in [0.2, 0.25) is 0 Å². The third-order valence-electron chi connectivity index (χ3n) is 5.25. The lowest BCUT2D eigenvalue weighted by Gasteiger charge is -2.33. The summed E-state index contributed by atoms with van der Waals surface area (Å²) in [7, 11) is 2.11. The van der Waals surface area contributed by atoms with Gasteiger partial charge in [-0.15, -0.1) is 0 Å². The highest BCUT2D eigenvalue weighted by atomic mass is 16.6. The molecule has 1 amide bonds. The van der Waals surface area contributed by atoms with Gasteiger partial charge < -0.3 is 19.9 Å². The standard InChI is InChI=1S/C20H35N3O2/c1-14-11-17(15(2)23(14)6)13-21-18-10-8-7-9-16(18)12-22-19(24)25-20(3,4)5/h11,16,18,21H,7-10,12-13H2,1-6H3,(H,22,24). The lowest BCUT2D eigenvalue weighted by atomic mass is 9.84. The molecule has 2 rings (SSSR count). The number of nitrogens with zero attached hydrogens (tertiary/aromatic N) is 1. The van der Waals surface area contributed by atoms with Gasteiger partial charge in [-0.2, -0.15) is 0 Å². The minimum atomic E-state index is -0.447. The van der Waals surface area contributed by atoms with Crippen LogP contribution >= 0.6 is 0 Å². The van der Waals surface area contributed by atoms with E-state index in [-0.39, 0.29) is 6.09 Å². The van der Waals surface area contributed by atoms with Crippen molar-refractivity contribution in [2.45, 2.75) is 78.5 Å². The first-order chi connectivity index (χ1) is 11.7. The van der Waals surface area contributed by atoms with Crippen molar-refractivity contribution in [2.24, 2.45) is 13.0 Å². The summed E-state index contributed by atoms with van der Waals surface area (Å²) in [6.45, 7) is 11.6. The number of amides is 1. The van der Waals surface area contributed by atoms with Crippen molar-refractivity contribution >= 4 is 6.09 Å². The maximum atomic E-state index is 11.9. The normalized spacial score (nSPS) is 21.2. The van der Waals surface area contributed by atoms with Gasteiger partial charge in [0.1, 0.15) is 5.60 Å². The Balaban J connectivity index is 1.87. The zero-order chi connectivity index (χ0) is 18.6. The minimum absolute atomic E-state index is 0.314. The number of hydrogen-bond donors (Lipinski definition) is 2. The predicted octanol–water partition coefficient (Wildman–Crippen LogP) is 3.82. The molecule has 1 aliphatic rings. The molecule has 5 nitrogen and oxygen atoms in total. The van der Waals surface area contributed by atoms with Crippen LogP contribution in [-0.4, -0.2) is 28.8 Å². The van der Waals surface area contributed by atoms with Crippen molar-refractivity contribution in [2.75, 3.05) is 6.54 Å². The van der Waals surface area contributed by atoms with Crippen LogP contribution in [0.5, 0.6) is 0 Å². The molecule has 0 bridgehead atoms. The van der Waals surface area contributed by atoms with E-state index in [0.29, 0.717) is 18.5 Å². The molecule has 2 atom stereocenters. The van der Waals surface area contributed by atoms with Gasteiger partial charge in [-0.25, -0.2) is 4.79 Å². The molecular formula is C20H35N3O2. The summed E-state index contributed by atoms with van der Waals surface area (Å²) < 4.78 is 7.59. The van der Waals surface area contributed by atoms with E-state index < -0.39 is 5.60 Å². The van der Waals surface area contributed by atoms with E-state index in [0.717, 1.165) is 13.0 Å². The van der Waals surface area contributed by atoms with Gasteiger partial charge in [0, 0.05) is 37.6 Å². The lowest BCUT2D eigenvalue weighted by molar-refractivity contribution is 0.0510. The molecule has 0 spiro atoms. The average molecular weight is 350 g/mol. The third kappa shape index (κ3) is 5.77. The second kappa shape index (κ2) is 8.26. The summed E-state index contributed by atoms with van der Waals surface area (Å²) in [4.78, 5) is 11.9. The van der Waals surface area contributed by atoms with Gasteiger partial charge in [-0.1, -0.05) is 12.8 Å². The number of rotatable bonds is 5. The highest BCUT2D eigenvalue weighted by molar-refractivity contribution is 5.67. The van der Waals surface area contributed by atoms with Gasteiger partial charge in [-0.3, -0.25) is 0 Å². The topological polar surface area (TPSA) is 55.3 Å². The van der Waals surface area contributed by atoms with E-state index >= 15 is 0 Å². The number of carbonyl (C=O) groups excluding carboxylic acids is 1. The van der Waals surface area contributed by atoms with Crippen molar-refractivity contribution in [1.29, 1.82) is 0 Å². The van der Waals surface area contributed by atoms with Crippen molar-refractivity contribution in [3.63, 3.8) is 0 Å². The molecule has 1 saturated carbocycles. The molecule has 1 aromatic heterocycles. The van der Waals surface area contributed by atoms with Gasteiger partial charge in [0.15, 0.2) is 0 Å². The van der Waals surface area contributed by atoms with Crippen molar-refractivity contribution in [1.82, 2.24) is 15.2 Å². The van der Waals surface area contributed by atoms with Crippen LogP contribution in [0.15, 0.2) is 6.07 Å². The fraction of sp³-hybridized carbons (Fsp3) is 0.750. The van der Waals surface area contributed by atoms with Gasteiger partial charge in [0.25, 0.3) is 0 Å². The minimum Gasteiger partial charge on any atom is -0.444 e. The van der Waals surface area contributed by atoms with Crippen LogP contribution in [0.3, 0.4) is 0 Å². The number of aromatic nitrogens is 1. The smallest absolute Gasteiger partial charge is 0.407 e. The molecule has 0 aliphatic heterocycles. The fourth-order valence-corrected chi connectivity index (χ4v) is 3.60. The lowest BCUT2D eigenvalue weighted by Crippen LogP contribution is -2.44. The van der Waals surface area contributed by atoms with E-state index in [1.165, 1.54) is 36.2 Å². The quantitative estimate of drug-likeness (QED) is 0.850. The van der Waals surface area contributed by atoms with E-state index in [2.05, 4.69) is 42.2 Å². The summed E-state index contributed by atoms with van der Waals surface area (Å²) in [6.07, 6.45) is 4.51. The van der Waals surface area contributed by atoms with E-state index in [9.17, 15) is 4.79 Å². The van der Waals surface area contributed by atoms with Gasteiger partial charge in [0.05, 0.1) is 0 Å². The van der Waals surface area contributed by atoms with Crippen molar-refractivity contribution in [3.8, 4) is 0 Å². The highest BCUT2D eigenvalue weighted by Crippen LogP contribution is 2.25. The largest absolute Gasteiger partial charge is 0.444 e. The van der Waals surface area contributed by atoms with Crippen LogP contribution in [-0.2, 0) is 18.3 Å². The molecule has 2 unspecified atom stereocenters. The third-order valence-corrected chi connectivity index (χ3v) is 5.25. The number of aryl methyl sites for hydroxylation is 1. The van der Waals surface area contributed by atoms with Crippen LogP contribution in [0.25, 0.3) is 0 Å². The molecule has 1 aliphatic carbocycles. The number of ether oxygens (including phenoxy) is 1. The predicted molar refractivity (Wildman–Crippen MR) is 102 cm³/mol. The van der Waals surface area contributed by atoms with Crippen LogP contribution in [0.1, 0.15) is 63.4 Å². The molecule has 1 aromatic rings. The van der Waals surface area contributed by atoms with Crippen LogP contribution in [0.4, 0.5) is 4.79 Å². The monoisotopic (exact) mass is 349 g/mol. The SMILES string of the molecule is Cc1cc(CNC2CCCCC2CNC(=O)OC(C)(C)C)c(C)n1C.